The van der Waals surface area contributed by atoms with Crippen molar-refractivity contribution in [3.8, 4) is 0 Å². The summed E-state index contributed by atoms with van der Waals surface area (Å²) < 4.78 is 5.34. The number of alkyl carbamates (subject to hydrolysis) is 1. The van der Waals surface area contributed by atoms with Crippen molar-refractivity contribution in [2.75, 3.05) is 11.9 Å². The topological polar surface area (TPSA) is 88.7 Å². The Morgan fingerprint density at radius 1 is 1.33 bits per heavy atom. The van der Waals surface area contributed by atoms with Crippen LogP contribution in [0, 0.1) is 5.92 Å². The van der Waals surface area contributed by atoms with Gasteiger partial charge in [0.25, 0.3) is 0 Å². The predicted molar refractivity (Wildman–Crippen MR) is 122 cm³/mol. The number of halogens is 1. The Morgan fingerprint density at radius 2 is 2.00 bits per heavy atom. The molecule has 0 spiro atoms. The largest absolute Gasteiger partial charge is 0.444 e. The number of hydrogen-bond donors (Lipinski definition) is 3. The lowest BCUT2D eigenvalue weighted by molar-refractivity contribution is 0.0500. The van der Waals surface area contributed by atoms with Crippen LogP contribution in [0.5, 0.6) is 0 Å². The van der Waals surface area contributed by atoms with Gasteiger partial charge in [0.1, 0.15) is 5.60 Å². The maximum Gasteiger partial charge on any atom is 0.407 e. The van der Waals surface area contributed by atoms with E-state index in [1.165, 1.54) is 5.56 Å². The van der Waals surface area contributed by atoms with Crippen molar-refractivity contribution < 1.29 is 9.53 Å². The first-order valence-electron chi connectivity index (χ1n) is 9.30. The molecule has 0 bridgehead atoms. The van der Waals surface area contributed by atoms with Crippen LogP contribution in [0.2, 0.25) is 0 Å². The molecule has 1 aliphatic rings. The van der Waals surface area contributed by atoms with Crippen LogP contribution in [0.25, 0.3) is 0 Å². The number of hydrogen-bond acceptors (Lipinski definition) is 3. The third-order valence-electron chi connectivity index (χ3n) is 4.18. The molecule has 0 radical (unpaired) electrons. The van der Waals surface area contributed by atoms with Crippen molar-refractivity contribution in [2.45, 2.75) is 65.0 Å². The van der Waals surface area contributed by atoms with Crippen LogP contribution in [0.4, 0.5) is 10.5 Å². The molecule has 0 aromatic heterocycles. The maximum atomic E-state index is 12.0. The first-order valence-corrected chi connectivity index (χ1v) is 9.30. The fraction of sp³-hybridized carbons (Fsp3) is 0.600. The number of carbonyl (C=O) groups is 1. The molecule has 1 aromatic rings. The molecule has 1 saturated carbocycles. The second-order valence-electron chi connectivity index (χ2n) is 8.22. The quantitative estimate of drug-likeness (QED) is 0.314. The Hall–Kier alpha value is -1.51. The molecule has 1 aromatic carbocycles. The first-order chi connectivity index (χ1) is 12.1. The van der Waals surface area contributed by atoms with Gasteiger partial charge in [-0.2, -0.15) is 0 Å². The van der Waals surface area contributed by atoms with Crippen molar-refractivity contribution in [3.63, 3.8) is 0 Å². The van der Waals surface area contributed by atoms with Crippen LogP contribution in [0.15, 0.2) is 29.3 Å². The maximum absolute atomic E-state index is 12.0. The monoisotopic (exact) mass is 488 g/mol. The van der Waals surface area contributed by atoms with E-state index in [0.29, 0.717) is 24.3 Å². The van der Waals surface area contributed by atoms with Crippen LogP contribution in [0.3, 0.4) is 0 Å². The Bertz CT molecular complexity index is 652. The van der Waals surface area contributed by atoms with Gasteiger partial charge in [-0.3, -0.25) is 4.99 Å². The molecule has 1 unspecified atom stereocenters. The summed E-state index contributed by atoms with van der Waals surface area (Å²) in [4.78, 5) is 16.4. The van der Waals surface area contributed by atoms with Gasteiger partial charge >= 0.3 is 6.09 Å². The number of aliphatic imine (C=N–C) groups is 1. The van der Waals surface area contributed by atoms with Crippen LogP contribution in [0.1, 0.15) is 58.9 Å². The van der Waals surface area contributed by atoms with E-state index in [9.17, 15) is 4.79 Å². The molecule has 0 saturated heterocycles. The zero-order chi connectivity index (χ0) is 19.3. The Balaban J connectivity index is 0.00000364. The van der Waals surface area contributed by atoms with Crippen molar-refractivity contribution in [2.24, 2.45) is 16.6 Å². The second-order valence-corrected chi connectivity index (χ2v) is 8.22. The number of nitrogens with one attached hydrogen (secondary N) is 2. The highest BCUT2D eigenvalue weighted by Gasteiger charge is 2.33. The summed E-state index contributed by atoms with van der Waals surface area (Å²) in [5, 5.41) is 6.05. The summed E-state index contributed by atoms with van der Waals surface area (Å²) >= 11 is 0. The van der Waals surface area contributed by atoms with Crippen molar-refractivity contribution >= 4 is 41.7 Å². The normalized spacial score (nSPS) is 15.7. The van der Waals surface area contributed by atoms with Crippen LogP contribution in [-0.4, -0.2) is 30.2 Å². The minimum absolute atomic E-state index is 0. The molecule has 1 atom stereocenters. The lowest BCUT2D eigenvalue weighted by Crippen LogP contribution is -2.42. The average molecular weight is 488 g/mol. The van der Waals surface area contributed by atoms with Gasteiger partial charge in [0.2, 0.25) is 0 Å². The number of rotatable bonds is 6. The molecule has 0 heterocycles. The first kappa shape index (κ1) is 23.5. The molecule has 1 fully saturated rings. The Labute approximate surface area is 179 Å². The number of benzene rings is 1. The lowest BCUT2D eigenvalue weighted by atomic mass is 10.0. The molecule has 0 aliphatic heterocycles. The van der Waals surface area contributed by atoms with Gasteiger partial charge in [-0.05, 0) is 63.1 Å². The summed E-state index contributed by atoms with van der Waals surface area (Å²) in [5.41, 5.74) is 7.68. The highest BCUT2D eigenvalue weighted by Crippen LogP contribution is 2.33. The number of anilines is 1. The number of amides is 1. The van der Waals surface area contributed by atoms with E-state index in [1.807, 2.05) is 32.9 Å². The zero-order valence-corrected chi connectivity index (χ0v) is 19.2. The van der Waals surface area contributed by atoms with E-state index >= 15 is 0 Å². The fourth-order valence-electron chi connectivity index (χ4n) is 2.63. The number of nitrogens with zero attached hydrogens (tertiary/aromatic N) is 1. The highest BCUT2D eigenvalue weighted by molar-refractivity contribution is 14.0. The van der Waals surface area contributed by atoms with Gasteiger partial charge in [0.05, 0.1) is 12.6 Å². The third kappa shape index (κ3) is 8.81. The van der Waals surface area contributed by atoms with Crippen molar-refractivity contribution in [1.29, 1.82) is 0 Å². The lowest BCUT2D eigenvalue weighted by Gasteiger charge is -2.23. The van der Waals surface area contributed by atoms with Crippen molar-refractivity contribution in [3.05, 3.63) is 29.8 Å². The van der Waals surface area contributed by atoms with E-state index in [0.717, 1.165) is 18.5 Å². The van der Waals surface area contributed by atoms with Gasteiger partial charge in [-0.25, -0.2) is 4.79 Å². The second kappa shape index (κ2) is 10.1. The number of ether oxygens (including phenoxy) is 1. The van der Waals surface area contributed by atoms with E-state index in [2.05, 4.69) is 41.6 Å². The van der Waals surface area contributed by atoms with Crippen molar-refractivity contribution in [1.82, 2.24) is 5.32 Å². The predicted octanol–water partition coefficient (Wildman–Crippen LogP) is 4.46. The van der Waals surface area contributed by atoms with E-state index in [-0.39, 0.29) is 30.0 Å². The summed E-state index contributed by atoms with van der Waals surface area (Å²) in [6.45, 7) is 10.3. The average Bonchev–Trinajstić information content (AvgIpc) is 3.34. The van der Waals surface area contributed by atoms with E-state index in [1.54, 1.807) is 0 Å². The summed E-state index contributed by atoms with van der Waals surface area (Å²) in [6.07, 6.45) is 1.79. The molecule has 4 N–H and O–H groups in total. The fourth-order valence-corrected chi connectivity index (χ4v) is 2.63. The zero-order valence-electron chi connectivity index (χ0n) is 16.9. The minimum atomic E-state index is -0.510. The van der Waals surface area contributed by atoms with Gasteiger partial charge in [0.15, 0.2) is 5.96 Å². The third-order valence-corrected chi connectivity index (χ3v) is 4.18. The van der Waals surface area contributed by atoms with Crippen LogP contribution in [-0.2, 0) is 4.74 Å². The molecule has 2 rings (SSSR count). The highest BCUT2D eigenvalue weighted by atomic mass is 127. The van der Waals surface area contributed by atoms with Gasteiger partial charge in [0, 0.05) is 5.69 Å². The van der Waals surface area contributed by atoms with Gasteiger partial charge < -0.3 is 21.1 Å². The number of nitrogens with two attached hydrogens (primary N) is 1. The van der Waals surface area contributed by atoms with Gasteiger partial charge in [-0.15, -0.1) is 24.0 Å². The molecule has 1 amide bonds. The number of guanidine groups is 1. The summed E-state index contributed by atoms with van der Waals surface area (Å²) in [7, 11) is 0. The Kier molecular flexibility index (Phi) is 8.84. The molecule has 27 heavy (non-hydrogen) atoms. The molecule has 6 nitrogen and oxygen atoms in total. The summed E-state index contributed by atoms with van der Waals surface area (Å²) in [6, 6.07) is 8.09. The summed E-state index contributed by atoms with van der Waals surface area (Å²) in [5.74, 6) is 1.25. The molecular formula is C20H33IN4O2. The number of carbonyl (C=O) groups excluding carboxylic acids is 1. The molecule has 1 aliphatic carbocycles. The SMILES string of the molecule is CC(C)c1cccc(NC(N)=NCC(NC(=O)OC(C)(C)C)C2CC2)c1.I. The Morgan fingerprint density at radius 3 is 2.56 bits per heavy atom. The van der Waals surface area contributed by atoms with Crippen LogP contribution >= 0.6 is 24.0 Å². The smallest absolute Gasteiger partial charge is 0.407 e. The molecule has 7 heteroatoms. The van der Waals surface area contributed by atoms with E-state index < -0.39 is 11.7 Å². The van der Waals surface area contributed by atoms with E-state index in [4.69, 9.17) is 10.5 Å². The molecular weight excluding hydrogens is 455 g/mol. The standard InChI is InChI=1S/C20H32N4O2.HI/c1-13(2)15-7-6-8-16(11-15)23-18(21)22-12-17(14-9-10-14)24-19(25)26-20(3,4)5;/h6-8,11,13-14,17H,9-10,12H2,1-5H3,(H,24,25)(H3,21,22,23);1H. The van der Waals surface area contributed by atoms with Crippen LogP contribution < -0.4 is 16.4 Å². The van der Waals surface area contributed by atoms with Gasteiger partial charge in [-0.1, -0.05) is 26.0 Å². The minimum Gasteiger partial charge on any atom is -0.444 e. The molecule has 152 valence electrons.